The highest BCUT2D eigenvalue weighted by Gasteiger charge is 2.44. The van der Waals surface area contributed by atoms with E-state index in [-0.39, 0.29) is 12.3 Å². The van der Waals surface area contributed by atoms with Crippen molar-refractivity contribution >= 4 is 29.4 Å². The largest absolute Gasteiger partial charge is 0.497 e. The molecule has 2 aromatic carbocycles. The molecule has 0 spiro atoms. The van der Waals surface area contributed by atoms with E-state index in [0.717, 1.165) is 5.56 Å². The van der Waals surface area contributed by atoms with Crippen LogP contribution in [0.1, 0.15) is 11.1 Å². The Bertz CT molecular complexity index is 934. The summed E-state index contributed by atoms with van der Waals surface area (Å²) >= 11 is 5.94. The number of esters is 2. The number of methoxy groups -OCH3 is 2. The molecule has 1 heterocycles. The van der Waals surface area contributed by atoms with E-state index in [4.69, 9.17) is 21.1 Å². The Morgan fingerprint density at radius 3 is 2.43 bits per heavy atom. The van der Waals surface area contributed by atoms with E-state index in [1.54, 1.807) is 55.6 Å². The number of carbonyl (C=O) groups is 2. The minimum Gasteiger partial charge on any atom is -0.497 e. The number of hydrogen-bond donors (Lipinski definition) is 0. The number of nitrogens with zero attached hydrogens (tertiary/aromatic N) is 1. The fraction of sp³-hybridized carbons (Fsp3) is 0.190. The average Bonchev–Trinajstić information content (AvgIpc) is 3.04. The zero-order valence-electron chi connectivity index (χ0n) is 15.3. The Kier molecular flexibility index (Phi) is 5.80. The van der Waals surface area contributed by atoms with Gasteiger partial charge >= 0.3 is 11.9 Å². The SMILES string of the molecule is COC(=O)/C=C/[C@]1(Cc2ccc(Cl)cc2)N=C(c2ccc(OC)cc2)OC1=O. The number of hydrogen-bond acceptors (Lipinski definition) is 6. The first-order valence-electron chi connectivity index (χ1n) is 8.44. The fourth-order valence-electron chi connectivity index (χ4n) is 2.75. The number of benzene rings is 2. The number of carbonyl (C=O) groups excluding carboxylic acids is 2. The monoisotopic (exact) mass is 399 g/mol. The van der Waals surface area contributed by atoms with E-state index >= 15 is 0 Å². The Labute approximate surface area is 167 Å². The minimum absolute atomic E-state index is 0.177. The molecule has 144 valence electrons. The van der Waals surface area contributed by atoms with Crippen molar-refractivity contribution < 1.29 is 23.8 Å². The van der Waals surface area contributed by atoms with Crippen LogP contribution in [0, 0.1) is 0 Å². The standard InChI is InChI=1S/C21H18ClNO5/c1-26-17-9-5-15(6-10-17)19-23-21(20(25)28-19,12-11-18(24)27-2)13-14-3-7-16(22)8-4-14/h3-12H,13H2,1-2H3/b12-11+/t21-/m1/s1. The molecule has 0 saturated carbocycles. The van der Waals surface area contributed by atoms with E-state index in [1.807, 2.05) is 0 Å². The number of aliphatic imine (C=N–C) groups is 1. The highest BCUT2D eigenvalue weighted by molar-refractivity contribution is 6.30. The van der Waals surface area contributed by atoms with E-state index in [9.17, 15) is 9.59 Å². The summed E-state index contributed by atoms with van der Waals surface area (Å²) in [5, 5.41) is 0.583. The molecule has 6 nitrogen and oxygen atoms in total. The lowest BCUT2D eigenvalue weighted by atomic mass is 9.91. The van der Waals surface area contributed by atoms with Gasteiger partial charge in [-0.3, -0.25) is 0 Å². The summed E-state index contributed by atoms with van der Waals surface area (Å²) in [5.41, 5.74) is 0.0614. The molecule has 0 amide bonds. The van der Waals surface area contributed by atoms with Gasteiger partial charge in [-0.1, -0.05) is 23.7 Å². The summed E-state index contributed by atoms with van der Waals surface area (Å²) in [4.78, 5) is 28.9. The first-order chi connectivity index (χ1) is 13.5. The van der Waals surface area contributed by atoms with E-state index in [0.29, 0.717) is 16.3 Å². The first kappa shape index (κ1) is 19.6. The zero-order chi connectivity index (χ0) is 20.1. The molecule has 0 aliphatic carbocycles. The van der Waals surface area contributed by atoms with Gasteiger partial charge < -0.3 is 14.2 Å². The molecule has 7 heteroatoms. The molecular formula is C21H18ClNO5. The normalized spacial score (nSPS) is 18.7. The average molecular weight is 400 g/mol. The third-order valence-electron chi connectivity index (χ3n) is 4.26. The number of ether oxygens (including phenoxy) is 3. The van der Waals surface area contributed by atoms with Crippen molar-refractivity contribution in [3.8, 4) is 5.75 Å². The Hall–Kier alpha value is -3.12. The number of rotatable bonds is 6. The molecule has 1 aliphatic heterocycles. The molecule has 0 radical (unpaired) electrons. The molecule has 0 bridgehead atoms. The van der Waals surface area contributed by atoms with Crippen LogP contribution in [0.2, 0.25) is 5.02 Å². The van der Waals surface area contributed by atoms with Gasteiger partial charge in [-0.15, -0.1) is 0 Å². The number of halogens is 1. The molecule has 2 aromatic rings. The highest BCUT2D eigenvalue weighted by Crippen LogP contribution is 2.30. The summed E-state index contributed by atoms with van der Waals surface area (Å²) in [6.07, 6.45) is 2.79. The molecule has 0 fully saturated rings. The molecular weight excluding hydrogens is 382 g/mol. The molecule has 0 saturated heterocycles. The van der Waals surface area contributed by atoms with Crippen LogP contribution in [-0.4, -0.2) is 37.6 Å². The van der Waals surface area contributed by atoms with Gasteiger partial charge in [0.2, 0.25) is 5.90 Å². The lowest BCUT2D eigenvalue weighted by Gasteiger charge is -2.17. The molecule has 3 rings (SSSR count). The third kappa shape index (κ3) is 4.23. The van der Waals surface area contributed by atoms with Crippen LogP contribution >= 0.6 is 11.6 Å². The molecule has 0 unspecified atom stereocenters. The van der Waals surface area contributed by atoms with Crippen LogP contribution in [0.25, 0.3) is 0 Å². The van der Waals surface area contributed by atoms with Crippen molar-refractivity contribution in [2.24, 2.45) is 4.99 Å². The van der Waals surface area contributed by atoms with Gasteiger partial charge in [0.05, 0.1) is 14.2 Å². The van der Waals surface area contributed by atoms with Crippen LogP contribution in [0.5, 0.6) is 5.75 Å². The maximum atomic E-state index is 12.8. The van der Waals surface area contributed by atoms with Crippen LogP contribution in [0.4, 0.5) is 0 Å². The van der Waals surface area contributed by atoms with E-state index in [2.05, 4.69) is 9.73 Å². The van der Waals surface area contributed by atoms with Gasteiger partial charge in [0.1, 0.15) is 5.75 Å². The topological polar surface area (TPSA) is 74.2 Å². The van der Waals surface area contributed by atoms with Crippen LogP contribution in [0.15, 0.2) is 65.7 Å². The molecule has 28 heavy (non-hydrogen) atoms. The van der Waals surface area contributed by atoms with Gasteiger partial charge in [0.25, 0.3) is 0 Å². The second kappa shape index (κ2) is 8.27. The predicted octanol–water partition coefficient (Wildman–Crippen LogP) is 3.36. The second-order valence-corrected chi connectivity index (χ2v) is 6.56. The quantitative estimate of drug-likeness (QED) is 0.550. The maximum Gasteiger partial charge on any atom is 0.345 e. The van der Waals surface area contributed by atoms with Gasteiger partial charge in [0, 0.05) is 23.1 Å². The summed E-state index contributed by atoms with van der Waals surface area (Å²) in [6.45, 7) is 0. The van der Waals surface area contributed by atoms with Crippen LogP contribution < -0.4 is 4.74 Å². The first-order valence-corrected chi connectivity index (χ1v) is 8.82. The lowest BCUT2D eigenvalue weighted by molar-refractivity contribution is -0.137. The Morgan fingerprint density at radius 2 is 1.82 bits per heavy atom. The summed E-state index contributed by atoms with van der Waals surface area (Å²) in [7, 11) is 2.83. The highest BCUT2D eigenvalue weighted by atomic mass is 35.5. The molecule has 1 atom stereocenters. The van der Waals surface area contributed by atoms with Crippen molar-refractivity contribution in [1.82, 2.24) is 0 Å². The van der Waals surface area contributed by atoms with Gasteiger partial charge in [0.15, 0.2) is 5.54 Å². The van der Waals surface area contributed by atoms with Crippen LogP contribution in [0.3, 0.4) is 0 Å². The van der Waals surface area contributed by atoms with Gasteiger partial charge in [-0.2, -0.15) is 0 Å². The smallest absolute Gasteiger partial charge is 0.345 e. The van der Waals surface area contributed by atoms with E-state index in [1.165, 1.54) is 19.3 Å². The van der Waals surface area contributed by atoms with Crippen molar-refractivity contribution in [1.29, 1.82) is 0 Å². The third-order valence-corrected chi connectivity index (χ3v) is 4.52. The van der Waals surface area contributed by atoms with Crippen molar-refractivity contribution in [3.63, 3.8) is 0 Å². The molecule has 0 aromatic heterocycles. The van der Waals surface area contributed by atoms with Gasteiger partial charge in [-0.25, -0.2) is 14.6 Å². The second-order valence-electron chi connectivity index (χ2n) is 6.12. The molecule has 1 aliphatic rings. The van der Waals surface area contributed by atoms with E-state index < -0.39 is 17.5 Å². The maximum absolute atomic E-state index is 12.8. The van der Waals surface area contributed by atoms with Crippen LogP contribution in [-0.2, 0) is 25.5 Å². The molecule has 0 N–H and O–H groups in total. The van der Waals surface area contributed by atoms with Crippen molar-refractivity contribution in [3.05, 3.63) is 76.8 Å². The summed E-state index contributed by atoms with van der Waals surface area (Å²) in [6, 6.07) is 14.0. The van der Waals surface area contributed by atoms with Crippen molar-refractivity contribution in [2.75, 3.05) is 14.2 Å². The summed E-state index contributed by atoms with van der Waals surface area (Å²) in [5.74, 6) is -0.312. The minimum atomic E-state index is -1.38. The lowest BCUT2D eigenvalue weighted by Crippen LogP contribution is -2.34. The fourth-order valence-corrected chi connectivity index (χ4v) is 2.87. The predicted molar refractivity (Wildman–Crippen MR) is 105 cm³/mol. The zero-order valence-corrected chi connectivity index (χ0v) is 16.1. The number of cyclic esters (lactones) is 1. The Morgan fingerprint density at radius 1 is 1.14 bits per heavy atom. The van der Waals surface area contributed by atoms with Crippen molar-refractivity contribution in [2.45, 2.75) is 12.0 Å². The Balaban J connectivity index is 1.99. The summed E-state index contributed by atoms with van der Waals surface area (Å²) < 4.78 is 15.2. The van der Waals surface area contributed by atoms with Gasteiger partial charge in [-0.05, 0) is 48.0 Å².